The maximum absolute atomic E-state index is 11.6. The number of benzene rings is 1. The molecule has 94 valence electrons. The molecular weight excluding hydrogens is 351 g/mol. The second-order valence-corrected chi connectivity index (χ2v) is 5.68. The van der Waals surface area contributed by atoms with Crippen LogP contribution in [0.15, 0.2) is 18.2 Å². The van der Waals surface area contributed by atoms with Gasteiger partial charge in [0.05, 0.1) is 10.7 Å². The van der Waals surface area contributed by atoms with Crippen LogP contribution in [0.5, 0.6) is 0 Å². The molecule has 0 aliphatic rings. The summed E-state index contributed by atoms with van der Waals surface area (Å²) in [7, 11) is 0. The molecule has 1 aromatic rings. The normalized spacial score (nSPS) is 10.6. The number of anilines is 1. The van der Waals surface area contributed by atoms with Crippen molar-refractivity contribution in [3.8, 4) is 0 Å². The second-order valence-electron chi connectivity index (χ2n) is 4.03. The first-order valence-corrected chi connectivity index (χ1v) is 6.93. The van der Waals surface area contributed by atoms with Gasteiger partial charge in [0, 0.05) is 22.6 Å². The summed E-state index contributed by atoms with van der Waals surface area (Å²) >= 11 is 8.18. The number of halogens is 2. The molecule has 0 aliphatic carbocycles. The van der Waals surface area contributed by atoms with Crippen molar-refractivity contribution in [3.63, 3.8) is 0 Å². The van der Waals surface area contributed by atoms with Gasteiger partial charge in [0.2, 0.25) is 5.91 Å². The molecule has 0 aliphatic heterocycles. The van der Waals surface area contributed by atoms with Crippen molar-refractivity contribution in [2.75, 3.05) is 11.9 Å². The lowest BCUT2D eigenvalue weighted by Gasteiger charge is -2.09. The molecule has 5 heteroatoms. The second kappa shape index (κ2) is 7.18. The van der Waals surface area contributed by atoms with Gasteiger partial charge in [-0.3, -0.25) is 4.79 Å². The van der Waals surface area contributed by atoms with Crippen LogP contribution in [0, 0.1) is 3.57 Å². The Bertz CT molecular complexity index is 396. The van der Waals surface area contributed by atoms with Gasteiger partial charge in [-0.15, -0.1) is 0 Å². The summed E-state index contributed by atoms with van der Waals surface area (Å²) in [6.45, 7) is 4.77. The van der Waals surface area contributed by atoms with Crippen LogP contribution in [0.1, 0.15) is 20.3 Å². The lowest BCUT2D eigenvalue weighted by molar-refractivity contribution is -0.116. The van der Waals surface area contributed by atoms with Crippen LogP contribution in [-0.4, -0.2) is 18.5 Å². The van der Waals surface area contributed by atoms with E-state index in [0.717, 1.165) is 3.57 Å². The van der Waals surface area contributed by atoms with Crippen LogP contribution in [0.3, 0.4) is 0 Å². The van der Waals surface area contributed by atoms with E-state index in [-0.39, 0.29) is 5.91 Å². The summed E-state index contributed by atoms with van der Waals surface area (Å²) in [5, 5.41) is 6.57. The molecule has 0 spiro atoms. The van der Waals surface area contributed by atoms with Crippen molar-refractivity contribution < 1.29 is 4.79 Å². The number of hydrogen-bond acceptors (Lipinski definition) is 2. The zero-order valence-corrected chi connectivity index (χ0v) is 12.8. The zero-order valence-electron chi connectivity index (χ0n) is 9.89. The Balaban J connectivity index is 2.47. The van der Waals surface area contributed by atoms with Crippen LogP contribution in [-0.2, 0) is 4.79 Å². The zero-order chi connectivity index (χ0) is 12.8. The standard InChI is InChI=1S/C12H16ClIN2O/c1-8(2)15-6-5-12(17)16-11-7-9(14)3-4-10(11)13/h3-4,7-8,15H,5-6H2,1-2H3,(H,16,17). The van der Waals surface area contributed by atoms with Gasteiger partial charge in [0.1, 0.15) is 0 Å². The average molecular weight is 367 g/mol. The summed E-state index contributed by atoms with van der Waals surface area (Å²) in [5.41, 5.74) is 0.674. The van der Waals surface area contributed by atoms with Crippen LogP contribution in [0.4, 0.5) is 5.69 Å². The lowest BCUT2D eigenvalue weighted by Crippen LogP contribution is -2.27. The molecule has 1 amide bonds. The van der Waals surface area contributed by atoms with Gasteiger partial charge >= 0.3 is 0 Å². The molecule has 0 bridgehead atoms. The summed E-state index contributed by atoms with van der Waals surface area (Å²) in [6, 6.07) is 5.94. The van der Waals surface area contributed by atoms with E-state index in [0.29, 0.717) is 29.7 Å². The average Bonchev–Trinajstić information content (AvgIpc) is 2.23. The van der Waals surface area contributed by atoms with Crippen molar-refractivity contribution in [2.24, 2.45) is 0 Å². The highest BCUT2D eigenvalue weighted by atomic mass is 127. The van der Waals surface area contributed by atoms with E-state index in [1.807, 2.05) is 26.0 Å². The SMILES string of the molecule is CC(C)NCCC(=O)Nc1cc(I)ccc1Cl. The van der Waals surface area contributed by atoms with E-state index >= 15 is 0 Å². The highest BCUT2D eigenvalue weighted by Gasteiger charge is 2.06. The summed E-state index contributed by atoms with van der Waals surface area (Å²) < 4.78 is 1.04. The first kappa shape index (κ1) is 14.7. The van der Waals surface area contributed by atoms with Crippen LogP contribution >= 0.6 is 34.2 Å². The number of amides is 1. The molecular formula is C12H16ClIN2O. The minimum atomic E-state index is -0.0259. The molecule has 1 rings (SSSR count). The maximum atomic E-state index is 11.6. The molecule has 2 N–H and O–H groups in total. The first-order chi connectivity index (χ1) is 7.99. The Labute approximate surface area is 120 Å². The van der Waals surface area contributed by atoms with Crippen LogP contribution < -0.4 is 10.6 Å². The Kier molecular flexibility index (Phi) is 6.22. The van der Waals surface area contributed by atoms with Gasteiger partial charge < -0.3 is 10.6 Å². The number of rotatable bonds is 5. The largest absolute Gasteiger partial charge is 0.325 e. The van der Waals surface area contributed by atoms with Crippen LogP contribution in [0.25, 0.3) is 0 Å². The van der Waals surface area contributed by atoms with Gasteiger partial charge in [-0.25, -0.2) is 0 Å². The van der Waals surface area contributed by atoms with Gasteiger partial charge in [0.15, 0.2) is 0 Å². The molecule has 0 saturated heterocycles. The summed E-state index contributed by atoms with van der Waals surface area (Å²) in [5.74, 6) is -0.0259. The smallest absolute Gasteiger partial charge is 0.225 e. The third kappa shape index (κ3) is 5.70. The van der Waals surface area contributed by atoms with E-state index in [1.54, 1.807) is 6.07 Å². The van der Waals surface area contributed by atoms with Gasteiger partial charge in [-0.05, 0) is 40.8 Å². The fraction of sp³-hybridized carbons (Fsp3) is 0.417. The first-order valence-electron chi connectivity index (χ1n) is 5.47. The van der Waals surface area contributed by atoms with Gasteiger partial charge in [-0.1, -0.05) is 25.4 Å². The molecule has 0 heterocycles. The van der Waals surface area contributed by atoms with Crippen LogP contribution in [0.2, 0.25) is 5.02 Å². The van der Waals surface area contributed by atoms with E-state index < -0.39 is 0 Å². The topological polar surface area (TPSA) is 41.1 Å². The van der Waals surface area contributed by atoms with E-state index in [1.165, 1.54) is 0 Å². The fourth-order valence-corrected chi connectivity index (χ4v) is 1.94. The molecule has 0 fully saturated rings. The van der Waals surface area contributed by atoms with Crippen molar-refractivity contribution in [1.29, 1.82) is 0 Å². The maximum Gasteiger partial charge on any atom is 0.225 e. The molecule has 0 atom stereocenters. The number of hydrogen-bond donors (Lipinski definition) is 2. The lowest BCUT2D eigenvalue weighted by atomic mass is 10.3. The number of carbonyl (C=O) groups excluding carboxylic acids is 1. The van der Waals surface area contributed by atoms with E-state index in [4.69, 9.17) is 11.6 Å². The predicted molar refractivity (Wildman–Crippen MR) is 80.6 cm³/mol. The van der Waals surface area contributed by atoms with Crippen molar-refractivity contribution in [1.82, 2.24) is 5.32 Å². The number of nitrogens with one attached hydrogen (secondary N) is 2. The minimum absolute atomic E-state index is 0.0259. The quantitative estimate of drug-likeness (QED) is 0.785. The fourth-order valence-electron chi connectivity index (χ4n) is 1.28. The Morgan fingerprint density at radius 1 is 1.47 bits per heavy atom. The monoisotopic (exact) mass is 366 g/mol. The highest BCUT2D eigenvalue weighted by Crippen LogP contribution is 2.23. The summed E-state index contributed by atoms with van der Waals surface area (Å²) in [4.78, 5) is 11.6. The highest BCUT2D eigenvalue weighted by molar-refractivity contribution is 14.1. The molecule has 0 aromatic heterocycles. The van der Waals surface area contributed by atoms with E-state index in [2.05, 4.69) is 33.2 Å². The summed E-state index contributed by atoms with van der Waals surface area (Å²) in [6.07, 6.45) is 0.444. The third-order valence-electron chi connectivity index (χ3n) is 2.11. The Hall–Kier alpha value is -0.330. The predicted octanol–water partition coefficient (Wildman–Crippen LogP) is 3.27. The molecule has 17 heavy (non-hydrogen) atoms. The third-order valence-corrected chi connectivity index (χ3v) is 3.11. The molecule has 0 saturated carbocycles. The Morgan fingerprint density at radius 2 is 2.18 bits per heavy atom. The van der Waals surface area contributed by atoms with Crippen molar-refractivity contribution in [2.45, 2.75) is 26.3 Å². The molecule has 0 radical (unpaired) electrons. The molecule has 1 aromatic carbocycles. The minimum Gasteiger partial charge on any atom is -0.325 e. The number of carbonyl (C=O) groups is 1. The molecule has 3 nitrogen and oxygen atoms in total. The molecule has 0 unspecified atom stereocenters. The van der Waals surface area contributed by atoms with E-state index in [9.17, 15) is 4.79 Å². The van der Waals surface area contributed by atoms with Gasteiger partial charge in [-0.2, -0.15) is 0 Å². The van der Waals surface area contributed by atoms with Crippen molar-refractivity contribution in [3.05, 3.63) is 26.8 Å². The Morgan fingerprint density at radius 3 is 2.82 bits per heavy atom. The van der Waals surface area contributed by atoms with Crippen molar-refractivity contribution >= 4 is 45.8 Å². The van der Waals surface area contributed by atoms with Gasteiger partial charge in [0.25, 0.3) is 0 Å².